The molecule has 30 heavy (non-hydrogen) atoms. The molecular weight excluding hydrogens is 402 g/mol. The second-order valence-electron chi connectivity index (χ2n) is 7.34. The quantitative estimate of drug-likeness (QED) is 0.698. The molecule has 0 bridgehead atoms. The van der Waals surface area contributed by atoms with E-state index < -0.39 is 10.0 Å². The van der Waals surface area contributed by atoms with Gasteiger partial charge in [0.05, 0.1) is 23.8 Å². The minimum atomic E-state index is -3.75. The molecule has 0 aliphatic carbocycles. The summed E-state index contributed by atoms with van der Waals surface area (Å²) < 4.78 is 32.6. The summed E-state index contributed by atoms with van der Waals surface area (Å²) in [4.78, 5) is 15.1. The fraction of sp³-hybridized carbons (Fsp3) is 0.227. The lowest BCUT2D eigenvalue weighted by atomic mass is 10.1. The zero-order valence-corrected chi connectivity index (χ0v) is 17.1. The van der Waals surface area contributed by atoms with E-state index in [2.05, 4.69) is 10.2 Å². The van der Waals surface area contributed by atoms with E-state index in [1.54, 1.807) is 24.3 Å². The molecule has 1 saturated heterocycles. The Labute approximate surface area is 174 Å². The molecule has 1 N–H and O–H groups in total. The van der Waals surface area contributed by atoms with E-state index in [1.165, 1.54) is 4.31 Å². The highest BCUT2D eigenvalue weighted by Gasteiger charge is 2.36. The summed E-state index contributed by atoms with van der Waals surface area (Å²) in [5.41, 5.74) is 2.24. The van der Waals surface area contributed by atoms with Crippen molar-refractivity contribution >= 4 is 43.8 Å². The Balaban J connectivity index is 1.33. The van der Waals surface area contributed by atoms with Gasteiger partial charge in [-0.25, -0.2) is 8.42 Å². The maximum atomic E-state index is 13.0. The molecule has 2 aliphatic rings. The topological polar surface area (TPSA) is 79.0 Å². The normalized spacial score (nSPS) is 17.3. The van der Waals surface area contributed by atoms with Crippen LogP contribution in [0.4, 0.5) is 17.1 Å². The summed E-state index contributed by atoms with van der Waals surface area (Å²) in [5, 5.41) is 4.32. The predicted octanol–water partition coefficient (Wildman–Crippen LogP) is 2.82. The zero-order chi connectivity index (χ0) is 20.7. The molecule has 0 radical (unpaired) electrons. The number of ether oxygens (including phenoxy) is 1. The van der Waals surface area contributed by atoms with E-state index in [1.807, 2.05) is 36.4 Å². The van der Waals surface area contributed by atoms with Gasteiger partial charge in [0, 0.05) is 29.9 Å². The van der Waals surface area contributed by atoms with Gasteiger partial charge >= 0.3 is 0 Å². The van der Waals surface area contributed by atoms with Crippen molar-refractivity contribution in [2.24, 2.45) is 0 Å². The molecule has 1 amide bonds. The van der Waals surface area contributed by atoms with Crippen molar-refractivity contribution in [3.8, 4) is 0 Å². The second-order valence-corrected chi connectivity index (χ2v) is 9.17. The van der Waals surface area contributed by atoms with Gasteiger partial charge in [0.1, 0.15) is 6.54 Å². The van der Waals surface area contributed by atoms with E-state index in [-0.39, 0.29) is 17.3 Å². The molecule has 2 heterocycles. The van der Waals surface area contributed by atoms with Gasteiger partial charge in [-0.05, 0) is 41.8 Å². The number of carbonyl (C=O) groups excluding carboxylic acids is 1. The van der Waals surface area contributed by atoms with Crippen molar-refractivity contribution in [1.82, 2.24) is 0 Å². The number of hydrogen-bond donors (Lipinski definition) is 1. The fourth-order valence-corrected chi connectivity index (χ4v) is 5.70. The predicted molar refractivity (Wildman–Crippen MR) is 117 cm³/mol. The van der Waals surface area contributed by atoms with Crippen molar-refractivity contribution in [3.05, 3.63) is 60.7 Å². The summed E-state index contributed by atoms with van der Waals surface area (Å²) in [5.74, 6) is -0.387. The Hall–Kier alpha value is -3.10. The van der Waals surface area contributed by atoms with Gasteiger partial charge in [0.15, 0.2) is 0 Å². The SMILES string of the molecule is O=C(CN1c2cccc3cccc(c23)S1(=O)=O)Nc1ccc(N2CCOCC2)cc1. The van der Waals surface area contributed by atoms with Gasteiger partial charge in [-0.2, -0.15) is 0 Å². The molecule has 0 aromatic heterocycles. The van der Waals surface area contributed by atoms with Crippen LogP contribution in [-0.4, -0.2) is 47.2 Å². The third-order valence-corrected chi connectivity index (χ3v) is 7.30. The number of carbonyl (C=O) groups is 1. The van der Waals surface area contributed by atoms with Crippen LogP contribution in [0, 0.1) is 0 Å². The van der Waals surface area contributed by atoms with Crippen LogP contribution < -0.4 is 14.5 Å². The van der Waals surface area contributed by atoms with E-state index in [0.717, 1.165) is 24.2 Å². The minimum Gasteiger partial charge on any atom is -0.378 e. The van der Waals surface area contributed by atoms with Gasteiger partial charge in [0.25, 0.3) is 10.0 Å². The van der Waals surface area contributed by atoms with Gasteiger partial charge in [-0.1, -0.05) is 24.3 Å². The third kappa shape index (κ3) is 3.18. The first kappa shape index (κ1) is 18.9. The maximum absolute atomic E-state index is 13.0. The Morgan fingerprint density at radius 3 is 2.40 bits per heavy atom. The lowest BCUT2D eigenvalue weighted by Gasteiger charge is -2.28. The highest BCUT2D eigenvalue weighted by Crippen LogP contribution is 2.41. The molecule has 2 aliphatic heterocycles. The van der Waals surface area contributed by atoms with Crippen molar-refractivity contribution in [3.63, 3.8) is 0 Å². The Bertz CT molecular complexity index is 1210. The Morgan fingerprint density at radius 1 is 0.967 bits per heavy atom. The number of hydrogen-bond acceptors (Lipinski definition) is 5. The molecule has 154 valence electrons. The van der Waals surface area contributed by atoms with E-state index >= 15 is 0 Å². The minimum absolute atomic E-state index is 0.248. The van der Waals surface area contributed by atoms with Crippen molar-refractivity contribution in [2.75, 3.05) is 47.4 Å². The Morgan fingerprint density at radius 2 is 1.67 bits per heavy atom. The van der Waals surface area contributed by atoms with Crippen LogP contribution in [0.1, 0.15) is 0 Å². The highest BCUT2D eigenvalue weighted by molar-refractivity contribution is 7.93. The number of anilines is 3. The number of morpholine rings is 1. The Kier molecular flexibility index (Phi) is 4.60. The zero-order valence-electron chi connectivity index (χ0n) is 16.2. The van der Waals surface area contributed by atoms with Gasteiger partial charge < -0.3 is 15.0 Å². The fourth-order valence-electron chi connectivity index (χ4n) is 4.04. The molecule has 3 aromatic carbocycles. The number of nitrogens with one attached hydrogen (secondary N) is 1. The molecular formula is C22H21N3O4S. The van der Waals surface area contributed by atoms with Crippen LogP contribution in [0.3, 0.4) is 0 Å². The summed E-state index contributed by atoms with van der Waals surface area (Å²) in [6, 6.07) is 18.1. The molecule has 0 unspecified atom stereocenters. The molecule has 0 saturated carbocycles. The molecule has 1 fully saturated rings. The molecule has 0 atom stereocenters. The molecule has 3 aromatic rings. The lowest BCUT2D eigenvalue weighted by Crippen LogP contribution is -2.36. The van der Waals surface area contributed by atoms with Crippen molar-refractivity contribution in [2.45, 2.75) is 4.90 Å². The largest absolute Gasteiger partial charge is 0.378 e. The third-order valence-electron chi connectivity index (χ3n) is 5.50. The number of rotatable bonds is 4. The number of nitrogens with zero attached hydrogens (tertiary/aromatic N) is 2. The van der Waals surface area contributed by atoms with Gasteiger partial charge in [-0.3, -0.25) is 9.10 Å². The summed E-state index contributed by atoms with van der Waals surface area (Å²) >= 11 is 0. The second kappa shape index (κ2) is 7.30. The van der Waals surface area contributed by atoms with Crippen LogP contribution in [-0.2, 0) is 19.6 Å². The lowest BCUT2D eigenvalue weighted by molar-refractivity contribution is -0.114. The molecule has 5 rings (SSSR count). The van der Waals surface area contributed by atoms with E-state index in [9.17, 15) is 13.2 Å². The summed E-state index contributed by atoms with van der Waals surface area (Å²) in [6.45, 7) is 2.81. The maximum Gasteiger partial charge on any atom is 0.265 e. The first-order chi connectivity index (χ1) is 14.5. The van der Waals surface area contributed by atoms with Gasteiger partial charge in [0.2, 0.25) is 5.91 Å². The van der Waals surface area contributed by atoms with Gasteiger partial charge in [-0.15, -0.1) is 0 Å². The highest BCUT2D eigenvalue weighted by atomic mass is 32.2. The van der Waals surface area contributed by atoms with Crippen LogP contribution in [0.2, 0.25) is 0 Å². The molecule has 7 nitrogen and oxygen atoms in total. The van der Waals surface area contributed by atoms with Crippen LogP contribution in [0.5, 0.6) is 0 Å². The summed E-state index contributed by atoms with van der Waals surface area (Å²) in [7, 11) is -3.75. The number of amides is 1. The average Bonchev–Trinajstić information content (AvgIpc) is 2.98. The van der Waals surface area contributed by atoms with Crippen molar-refractivity contribution in [1.29, 1.82) is 0 Å². The first-order valence-electron chi connectivity index (χ1n) is 9.81. The number of benzene rings is 3. The van der Waals surface area contributed by atoms with E-state index in [0.29, 0.717) is 30.0 Å². The van der Waals surface area contributed by atoms with Crippen LogP contribution >= 0.6 is 0 Å². The smallest absolute Gasteiger partial charge is 0.265 e. The van der Waals surface area contributed by atoms with Crippen LogP contribution in [0.15, 0.2) is 65.6 Å². The van der Waals surface area contributed by atoms with E-state index in [4.69, 9.17) is 4.74 Å². The monoisotopic (exact) mass is 423 g/mol. The molecule has 8 heteroatoms. The van der Waals surface area contributed by atoms with Crippen molar-refractivity contribution < 1.29 is 17.9 Å². The van der Waals surface area contributed by atoms with Crippen LogP contribution in [0.25, 0.3) is 10.8 Å². The average molecular weight is 423 g/mol. The first-order valence-corrected chi connectivity index (χ1v) is 11.3. The molecule has 0 spiro atoms. The standard InChI is InChI=1S/C22H21N3O4S/c26-21(23-17-7-9-18(10-8-17)24-11-13-29-14-12-24)15-25-19-5-1-3-16-4-2-6-20(22(16)19)30(25,27)28/h1-10H,11-15H2,(H,23,26). The number of sulfonamides is 1. The summed E-state index contributed by atoms with van der Waals surface area (Å²) in [6.07, 6.45) is 0.